The van der Waals surface area contributed by atoms with Gasteiger partial charge < -0.3 is 15.6 Å². The second kappa shape index (κ2) is 7.36. The van der Waals surface area contributed by atoms with Gasteiger partial charge in [0.1, 0.15) is 0 Å². The summed E-state index contributed by atoms with van der Waals surface area (Å²) in [5.41, 5.74) is 7.10. The van der Waals surface area contributed by atoms with Crippen LogP contribution in [0.15, 0.2) is 42.5 Å². The van der Waals surface area contributed by atoms with E-state index in [2.05, 4.69) is 58.9 Å². The van der Waals surface area contributed by atoms with Gasteiger partial charge in [0.15, 0.2) is 0 Å². The quantitative estimate of drug-likeness (QED) is 0.315. The number of aromatic amines is 1. The van der Waals surface area contributed by atoms with Gasteiger partial charge >= 0.3 is 0 Å². The van der Waals surface area contributed by atoms with Crippen molar-refractivity contribution in [3.05, 3.63) is 59.2 Å². The first-order valence-electron chi connectivity index (χ1n) is 7.87. The molecule has 1 aromatic heterocycles. The Balaban J connectivity index is 2.04. The second-order valence-corrected chi connectivity index (χ2v) is 6.80. The summed E-state index contributed by atoms with van der Waals surface area (Å²) >= 11 is 1.76. The van der Waals surface area contributed by atoms with Crippen LogP contribution in [-0.2, 0) is 13.1 Å². The number of halogens is 1. The Bertz CT molecular complexity index is 885. The lowest BCUT2D eigenvalue weighted by Gasteiger charge is -2.08. The van der Waals surface area contributed by atoms with Crippen molar-refractivity contribution in [2.24, 2.45) is 0 Å². The highest BCUT2D eigenvalue weighted by molar-refractivity contribution is 14.1. The fraction of sp³-hybridized carbons (Fsp3) is 0.211. The zero-order chi connectivity index (χ0) is 17.1. The average Bonchev–Trinajstić information content (AvgIpc) is 2.90. The maximum absolute atomic E-state index is 11.1. The lowest BCUT2D eigenvalue weighted by atomic mass is 10.0. The fourth-order valence-corrected chi connectivity index (χ4v) is 3.22. The largest absolute Gasteiger partial charge is 0.354 e. The van der Waals surface area contributed by atoms with E-state index < -0.39 is 0 Å². The first-order chi connectivity index (χ1) is 11.6. The molecule has 0 atom stereocenters. The molecule has 0 aliphatic rings. The molecule has 0 spiro atoms. The molecule has 2 aromatic carbocycles. The third-order valence-electron chi connectivity index (χ3n) is 4.21. The Kier molecular flexibility index (Phi) is 5.20. The molecule has 5 heteroatoms. The van der Waals surface area contributed by atoms with Gasteiger partial charge in [-0.3, -0.25) is 4.79 Å². The highest BCUT2D eigenvalue weighted by Gasteiger charge is 2.13. The van der Waals surface area contributed by atoms with E-state index in [1.807, 2.05) is 13.1 Å². The first kappa shape index (κ1) is 17.0. The number of nitrogens with one attached hydrogen (secondary N) is 3. The third-order valence-corrected chi connectivity index (χ3v) is 4.59. The molecular formula is C19H20IN3O. The van der Waals surface area contributed by atoms with Crippen LogP contribution in [0.2, 0.25) is 0 Å². The molecule has 3 rings (SSSR count). The van der Waals surface area contributed by atoms with Gasteiger partial charge in [0.2, 0.25) is 0 Å². The summed E-state index contributed by atoms with van der Waals surface area (Å²) < 4.78 is -0.0415. The molecule has 0 aliphatic heterocycles. The van der Waals surface area contributed by atoms with Gasteiger partial charge in [0.05, 0.1) is 0 Å². The van der Waals surface area contributed by atoms with Gasteiger partial charge in [-0.15, -0.1) is 0 Å². The van der Waals surface area contributed by atoms with Crippen LogP contribution in [0.1, 0.15) is 16.7 Å². The van der Waals surface area contributed by atoms with Gasteiger partial charge in [-0.05, 0) is 42.8 Å². The van der Waals surface area contributed by atoms with Crippen LogP contribution in [0.5, 0.6) is 0 Å². The van der Waals surface area contributed by atoms with Crippen molar-refractivity contribution in [2.75, 3.05) is 7.05 Å². The molecule has 124 valence electrons. The standard InChI is InChI=1S/C19H20IN3O/c1-12-16-9-13(10-22-19(20)24)7-8-17(16)23-18(12)15-6-4-3-5-14(15)11-21-2/h3-9,21,23H,10-11H2,1-2H3,(H,22,24). The maximum Gasteiger partial charge on any atom is 0.280 e. The zero-order valence-corrected chi connectivity index (χ0v) is 15.9. The van der Waals surface area contributed by atoms with Gasteiger partial charge in [0.25, 0.3) is 3.91 Å². The molecule has 1 heterocycles. The van der Waals surface area contributed by atoms with Crippen LogP contribution >= 0.6 is 22.6 Å². The topological polar surface area (TPSA) is 56.9 Å². The second-order valence-electron chi connectivity index (χ2n) is 5.82. The van der Waals surface area contributed by atoms with Crippen molar-refractivity contribution in [2.45, 2.75) is 20.0 Å². The predicted octanol–water partition coefficient (Wildman–Crippen LogP) is 4.51. The number of carbonyl (C=O) groups excluding carboxylic acids is 1. The minimum Gasteiger partial charge on any atom is -0.354 e. The van der Waals surface area contributed by atoms with Crippen molar-refractivity contribution in [1.29, 1.82) is 0 Å². The van der Waals surface area contributed by atoms with E-state index in [0.29, 0.717) is 6.54 Å². The van der Waals surface area contributed by atoms with Gasteiger partial charge in [-0.2, -0.15) is 0 Å². The zero-order valence-electron chi connectivity index (χ0n) is 13.7. The third kappa shape index (κ3) is 3.47. The molecule has 0 unspecified atom stereocenters. The van der Waals surface area contributed by atoms with Crippen LogP contribution in [0.3, 0.4) is 0 Å². The number of fused-ring (bicyclic) bond motifs is 1. The Hall–Kier alpha value is -1.86. The Morgan fingerprint density at radius 3 is 2.71 bits per heavy atom. The van der Waals surface area contributed by atoms with Crippen LogP contribution in [0.4, 0.5) is 4.79 Å². The van der Waals surface area contributed by atoms with Crippen LogP contribution in [0, 0.1) is 6.92 Å². The molecule has 3 aromatic rings. The van der Waals surface area contributed by atoms with E-state index in [4.69, 9.17) is 0 Å². The highest BCUT2D eigenvalue weighted by Crippen LogP contribution is 2.32. The molecule has 0 saturated carbocycles. The Morgan fingerprint density at radius 2 is 1.96 bits per heavy atom. The lowest BCUT2D eigenvalue weighted by Crippen LogP contribution is -2.14. The first-order valence-corrected chi connectivity index (χ1v) is 8.95. The summed E-state index contributed by atoms with van der Waals surface area (Å²) in [6.45, 7) is 3.52. The molecule has 0 aliphatic carbocycles. The summed E-state index contributed by atoms with van der Waals surface area (Å²) in [4.78, 5) is 14.7. The fourth-order valence-electron chi connectivity index (χ4n) is 3.03. The molecular weight excluding hydrogens is 413 g/mol. The van der Waals surface area contributed by atoms with Crippen molar-refractivity contribution < 1.29 is 4.79 Å². The van der Waals surface area contributed by atoms with E-state index in [1.54, 1.807) is 22.6 Å². The monoisotopic (exact) mass is 433 g/mol. The Labute approximate surface area is 155 Å². The number of amides is 1. The van der Waals surface area contributed by atoms with Gasteiger partial charge in [0, 0.05) is 57.8 Å². The van der Waals surface area contributed by atoms with Crippen molar-refractivity contribution >= 4 is 37.4 Å². The number of aromatic nitrogens is 1. The van der Waals surface area contributed by atoms with E-state index in [1.165, 1.54) is 22.1 Å². The van der Waals surface area contributed by atoms with Crippen LogP contribution < -0.4 is 10.6 Å². The number of hydrogen-bond donors (Lipinski definition) is 3. The smallest absolute Gasteiger partial charge is 0.280 e. The SMILES string of the molecule is CNCc1ccccc1-c1[nH]c2ccc(CNC(=O)I)cc2c1C. The summed E-state index contributed by atoms with van der Waals surface area (Å²) in [6.07, 6.45) is 0. The Morgan fingerprint density at radius 1 is 1.17 bits per heavy atom. The molecule has 0 saturated heterocycles. The van der Waals surface area contributed by atoms with Crippen LogP contribution in [-0.4, -0.2) is 15.9 Å². The summed E-state index contributed by atoms with van der Waals surface area (Å²) in [6, 6.07) is 14.7. The molecule has 24 heavy (non-hydrogen) atoms. The highest BCUT2D eigenvalue weighted by atomic mass is 127. The minimum absolute atomic E-state index is 0.0415. The van der Waals surface area contributed by atoms with Crippen molar-refractivity contribution in [3.63, 3.8) is 0 Å². The molecule has 1 amide bonds. The maximum atomic E-state index is 11.1. The number of aryl methyl sites for hydroxylation is 1. The average molecular weight is 433 g/mol. The minimum atomic E-state index is -0.0415. The normalized spacial score (nSPS) is 11.0. The number of carbonyl (C=O) groups is 1. The predicted molar refractivity (Wildman–Crippen MR) is 107 cm³/mol. The van der Waals surface area contributed by atoms with Crippen molar-refractivity contribution in [3.8, 4) is 11.3 Å². The van der Waals surface area contributed by atoms with Crippen LogP contribution in [0.25, 0.3) is 22.2 Å². The summed E-state index contributed by atoms with van der Waals surface area (Å²) in [7, 11) is 1.96. The van der Waals surface area contributed by atoms with Gasteiger partial charge in [-0.25, -0.2) is 0 Å². The van der Waals surface area contributed by atoms with Crippen molar-refractivity contribution in [1.82, 2.24) is 15.6 Å². The molecule has 0 fully saturated rings. The molecule has 0 radical (unpaired) electrons. The number of hydrogen-bond acceptors (Lipinski definition) is 2. The molecule has 3 N–H and O–H groups in total. The number of rotatable bonds is 5. The van der Waals surface area contributed by atoms with E-state index >= 15 is 0 Å². The lowest BCUT2D eigenvalue weighted by molar-refractivity contribution is 0.262. The van der Waals surface area contributed by atoms with E-state index in [-0.39, 0.29) is 3.91 Å². The van der Waals surface area contributed by atoms with E-state index in [9.17, 15) is 4.79 Å². The molecule has 0 bridgehead atoms. The van der Waals surface area contributed by atoms with E-state index in [0.717, 1.165) is 23.3 Å². The number of H-pyrrole nitrogens is 1. The van der Waals surface area contributed by atoms with Gasteiger partial charge in [-0.1, -0.05) is 30.3 Å². The summed E-state index contributed by atoms with van der Waals surface area (Å²) in [5.74, 6) is 0. The summed E-state index contributed by atoms with van der Waals surface area (Å²) in [5, 5.41) is 7.27. The number of benzene rings is 2. The molecule has 4 nitrogen and oxygen atoms in total.